The van der Waals surface area contributed by atoms with E-state index >= 15 is 0 Å². The van der Waals surface area contributed by atoms with Crippen LogP contribution in [0.2, 0.25) is 0 Å². The molecule has 35 heavy (non-hydrogen) atoms. The first-order valence-corrected chi connectivity index (χ1v) is 12.5. The van der Waals surface area contributed by atoms with Crippen molar-refractivity contribution in [3.63, 3.8) is 0 Å². The molecule has 2 aliphatic rings. The number of hydrogen-bond donors (Lipinski definition) is 3. The minimum absolute atomic E-state index is 0.0255. The van der Waals surface area contributed by atoms with E-state index in [1.807, 2.05) is 38.1 Å². The van der Waals surface area contributed by atoms with Gasteiger partial charge in [0.1, 0.15) is 6.61 Å². The molecule has 0 saturated heterocycles. The number of nitrogens with one attached hydrogen (secondary N) is 2. The molecular formula is C28H34N2O5. The van der Waals surface area contributed by atoms with Crippen LogP contribution in [0.3, 0.4) is 0 Å². The van der Waals surface area contributed by atoms with Gasteiger partial charge in [-0.25, -0.2) is 4.79 Å². The molecule has 0 radical (unpaired) electrons. The summed E-state index contributed by atoms with van der Waals surface area (Å²) < 4.78 is 5.65. The zero-order valence-electron chi connectivity index (χ0n) is 20.3. The third-order valence-corrected chi connectivity index (χ3v) is 7.25. The Hall–Kier alpha value is -3.35. The molecule has 0 bridgehead atoms. The molecule has 3 N–H and O–H groups in total. The molecule has 0 heterocycles. The Morgan fingerprint density at radius 3 is 2.23 bits per heavy atom. The van der Waals surface area contributed by atoms with Crippen molar-refractivity contribution >= 4 is 18.0 Å². The van der Waals surface area contributed by atoms with Gasteiger partial charge in [-0.1, -0.05) is 68.8 Å². The fraction of sp³-hybridized carbons (Fsp3) is 0.464. The number of aliphatic carboxylic acids is 1. The minimum atomic E-state index is -0.805. The number of hydrogen-bond acceptors (Lipinski definition) is 4. The van der Waals surface area contributed by atoms with Gasteiger partial charge in [0.2, 0.25) is 5.91 Å². The van der Waals surface area contributed by atoms with Crippen LogP contribution in [-0.2, 0) is 14.3 Å². The van der Waals surface area contributed by atoms with Gasteiger partial charge >= 0.3 is 12.1 Å². The summed E-state index contributed by atoms with van der Waals surface area (Å²) in [4.78, 5) is 36.7. The molecule has 2 aliphatic carbocycles. The van der Waals surface area contributed by atoms with Crippen LogP contribution in [0.25, 0.3) is 11.1 Å². The molecule has 2 aromatic carbocycles. The van der Waals surface area contributed by atoms with Gasteiger partial charge < -0.3 is 20.5 Å². The average Bonchev–Trinajstić information content (AvgIpc) is 3.16. The summed E-state index contributed by atoms with van der Waals surface area (Å²) in [6.45, 7) is 4.11. The molecule has 7 heteroatoms. The zero-order chi connectivity index (χ0) is 24.9. The Kier molecular flexibility index (Phi) is 7.73. The first-order valence-electron chi connectivity index (χ1n) is 12.5. The van der Waals surface area contributed by atoms with Crippen LogP contribution in [0.5, 0.6) is 0 Å². The second-order valence-electron chi connectivity index (χ2n) is 9.99. The maximum atomic E-state index is 12.7. The van der Waals surface area contributed by atoms with Crippen molar-refractivity contribution in [3.8, 4) is 11.1 Å². The molecule has 2 amide bonds. The van der Waals surface area contributed by atoms with E-state index in [1.165, 1.54) is 11.1 Å². The molecule has 0 unspecified atom stereocenters. The van der Waals surface area contributed by atoms with Gasteiger partial charge in [0.05, 0.1) is 5.92 Å². The van der Waals surface area contributed by atoms with Crippen LogP contribution in [0, 0.1) is 11.8 Å². The van der Waals surface area contributed by atoms with Gasteiger partial charge in [0.25, 0.3) is 0 Å². The van der Waals surface area contributed by atoms with Gasteiger partial charge in [-0.3, -0.25) is 9.59 Å². The highest BCUT2D eigenvalue weighted by molar-refractivity contribution is 5.80. The first kappa shape index (κ1) is 24.8. The summed E-state index contributed by atoms with van der Waals surface area (Å²) >= 11 is 0. The lowest BCUT2D eigenvalue weighted by Crippen LogP contribution is -2.45. The molecule has 3 atom stereocenters. The van der Waals surface area contributed by atoms with Crippen LogP contribution < -0.4 is 10.6 Å². The monoisotopic (exact) mass is 478 g/mol. The van der Waals surface area contributed by atoms with Crippen LogP contribution >= 0.6 is 0 Å². The Morgan fingerprint density at radius 1 is 1.00 bits per heavy atom. The number of ether oxygens (including phenoxy) is 1. The van der Waals surface area contributed by atoms with Crippen molar-refractivity contribution < 1.29 is 24.2 Å². The predicted molar refractivity (Wildman–Crippen MR) is 133 cm³/mol. The molecule has 0 spiro atoms. The molecule has 7 nitrogen and oxygen atoms in total. The molecule has 1 fully saturated rings. The number of fused-ring (bicyclic) bond motifs is 3. The van der Waals surface area contributed by atoms with Gasteiger partial charge in [-0.2, -0.15) is 0 Å². The van der Waals surface area contributed by atoms with Crippen molar-refractivity contribution in [1.82, 2.24) is 10.6 Å². The molecule has 1 saturated carbocycles. The van der Waals surface area contributed by atoms with Crippen molar-refractivity contribution in [2.75, 3.05) is 6.61 Å². The van der Waals surface area contributed by atoms with Gasteiger partial charge in [-0.15, -0.1) is 0 Å². The largest absolute Gasteiger partial charge is 0.481 e. The van der Waals surface area contributed by atoms with Crippen molar-refractivity contribution in [2.45, 2.75) is 64.0 Å². The number of rotatable bonds is 8. The number of carbonyl (C=O) groups is 3. The zero-order valence-corrected chi connectivity index (χ0v) is 20.3. The lowest BCUT2D eigenvalue weighted by atomic mass is 9.85. The van der Waals surface area contributed by atoms with Crippen molar-refractivity contribution in [1.29, 1.82) is 0 Å². The highest BCUT2D eigenvalue weighted by Gasteiger charge is 2.31. The molecule has 4 rings (SSSR count). The summed E-state index contributed by atoms with van der Waals surface area (Å²) in [5, 5.41) is 15.1. The fourth-order valence-corrected chi connectivity index (χ4v) is 5.28. The Morgan fingerprint density at radius 2 is 1.63 bits per heavy atom. The van der Waals surface area contributed by atoms with Crippen LogP contribution in [0.1, 0.15) is 63.0 Å². The molecule has 0 aliphatic heterocycles. The summed E-state index contributed by atoms with van der Waals surface area (Å²) in [6.07, 6.45) is 2.25. The highest BCUT2D eigenvalue weighted by Crippen LogP contribution is 2.44. The summed E-state index contributed by atoms with van der Waals surface area (Å²) in [5.41, 5.74) is 4.63. The van der Waals surface area contributed by atoms with Crippen LogP contribution in [0.15, 0.2) is 48.5 Å². The van der Waals surface area contributed by atoms with E-state index in [1.54, 1.807) is 0 Å². The number of amides is 2. The number of carboxylic acids is 1. The number of benzene rings is 2. The number of carbonyl (C=O) groups excluding carboxylic acids is 2. The Balaban J connectivity index is 1.32. The Labute approximate surface area is 206 Å². The quantitative estimate of drug-likeness (QED) is 0.510. The third-order valence-electron chi connectivity index (χ3n) is 7.25. The summed E-state index contributed by atoms with van der Waals surface area (Å²) in [7, 11) is 0. The topological polar surface area (TPSA) is 105 Å². The lowest BCUT2D eigenvalue weighted by Gasteiger charge is -2.28. The van der Waals surface area contributed by atoms with Crippen molar-refractivity contribution in [3.05, 3.63) is 59.7 Å². The van der Waals surface area contributed by atoms with E-state index in [0.717, 1.165) is 24.0 Å². The predicted octanol–water partition coefficient (Wildman–Crippen LogP) is 4.70. The maximum absolute atomic E-state index is 12.7. The molecule has 186 valence electrons. The fourth-order valence-electron chi connectivity index (χ4n) is 5.28. The number of carboxylic acid groups (broad SMARTS) is 1. The van der Waals surface area contributed by atoms with E-state index in [9.17, 15) is 19.5 Å². The Bertz CT molecular complexity index is 1040. The van der Waals surface area contributed by atoms with Gasteiger partial charge in [0.15, 0.2) is 0 Å². The molecular weight excluding hydrogens is 444 g/mol. The normalized spacial score (nSPS) is 20.0. The molecule has 0 aromatic heterocycles. The highest BCUT2D eigenvalue weighted by atomic mass is 16.5. The average molecular weight is 479 g/mol. The second-order valence-corrected chi connectivity index (χ2v) is 9.99. The summed E-state index contributed by atoms with van der Waals surface area (Å²) in [5.74, 6) is -1.39. The smallest absolute Gasteiger partial charge is 0.407 e. The SMILES string of the molecule is CC(C)[C@H](CC(=O)N[C@@H]1CCC[C@@H](C(=O)O)C1)NC(=O)OCC1c2ccccc2-c2ccccc21. The lowest BCUT2D eigenvalue weighted by molar-refractivity contribution is -0.143. The van der Waals surface area contributed by atoms with Gasteiger partial charge in [-0.05, 0) is 47.4 Å². The first-order chi connectivity index (χ1) is 16.8. The van der Waals surface area contributed by atoms with E-state index in [4.69, 9.17) is 4.74 Å². The maximum Gasteiger partial charge on any atom is 0.407 e. The standard InChI is InChI=1S/C28H34N2O5/c1-17(2)25(15-26(31)29-19-9-7-8-18(14-19)27(32)33)30-28(34)35-16-24-22-12-5-3-10-20(22)21-11-4-6-13-23(21)24/h3-6,10-13,17-19,24-25H,7-9,14-16H2,1-2H3,(H,29,31)(H,30,34)(H,32,33)/t18-,19-,25+/m1/s1. The van der Waals surface area contributed by atoms with Crippen molar-refractivity contribution in [2.24, 2.45) is 11.8 Å². The van der Waals surface area contributed by atoms with Crippen LogP contribution in [-0.4, -0.2) is 41.8 Å². The third kappa shape index (κ3) is 5.84. The van der Waals surface area contributed by atoms with E-state index < -0.39 is 18.0 Å². The summed E-state index contributed by atoms with van der Waals surface area (Å²) in [6, 6.07) is 15.8. The van der Waals surface area contributed by atoms with E-state index in [2.05, 4.69) is 34.9 Å². The number of alkyl carbamates (subject to hydrolysis) is 1. The van der Waals surface area contributed by atoms with E-state index in [-0.39, 0.29) is 42.9 Å². The van der Waals surface area contributed by atoms with Crippen LogP contribution in [0.4, 0.5) is 4.79 Å². The molecule has 2 aromatic rings. The second kappa shape index (κ2) is 10.9. The van der Waals surface area contributed by atoms with E-state index in [0.29, 0.717) is 12.8 Å². The van der Waals surface area contributed by atoms with Gasteiger partial charge in [0, 0.05) is 24.4 Å². The minimum Gasteiger partial charge on any atom is -0.481 e.